The van der Waals surface area contributed by atoms with Gasteiger partial charge in [-0.25, -0.2) is 4.79 Å². The number of Topliss-reactive ketones (excluding diaryl/α,β-unsaturated/α-hetero) is 1. The molecule has 6 rings (SSSR count). The molecule has 0 aromatic heterocycles. The Morgan fingerprint density at radius 3 is 1.50 bits per heavy atom. The van der Waals surface area contributed by atoms with Crippen molar-refractivity contribution in [2.24, 2.45) is 87.6 Å². The van der Waals surface area contributed by atoms with E-state index in [1.807, 2.05) is 0 Å². The Labute approximate surface area is 691 Å². The summed E-state index contributed by atoms with van der Waals surface area (Å²) < 4.78 is 63.7. The standard InChI is InChI=1S/C77H139N3O11.C16H33NO4.CH4/c1-9-11-12-13-14-15-16-17-18-19-20-21-22-23-24-30-48-80-75(84)90-66-43-45-76(7)64(59-66)38-39-67-69-41-40-68(77(69,8)46-44-70(67)76)60(3)37-42-73(83)78-47-31-25-27-34-65(81)35-29-33-51-86-54-53-85-50-32-26-28-36-72(82)79-49-52-87-55-56-88-57-58-89-74-63(6)61(4)62(5)71(10-2)91-74;1-5-15-13(3)12(2)14(4)16(21-15)20-11-10-19-9-8-18-7-6-17;/h17-18,60-64,66-71,74H,9-16,19-59H2,1-8H3,(H,78,83)(H,79,82)(H,80,84);12-16H,5-11,17H2,1-4H3;1H4/b18-17-;;/t60-,61+,62+,63?,64?,66-,67?,68-,69?,70?,71?,74+,76+,77-;12-,13-,14?,15?,16-;/m10./s1. The third kappa shape index (κ3) is 39.1. The summed E-state index contributed by atoms with van der Waals surface area (Å²) in [6.45, 7) is 37.9. The number of ketones is 1. The molecule has 19 heteroatoms. The van der Waals surface area contributed by atoms with Crippen LogP contribution in [0.15, 0.2) is 12.2 Å². The van der Waals surface area contributed by atoms with E-state index in [-0.39, 0.29) is 50.1 Å². The average molecular weight is 1600 g/mol. The number of hydrogen-bond acceptors (Lipinski definition) is 16. The minimum absolute atomic E-state index is 0. The van der Waals surface area contributed by atoms with E-state index in [1.54, 1.807) is 0 Å². The molecular weight excluding hydrogens is 1430 g/mol. The number of rotatable bonds is 62. The topological polar surface area (TPSA) is 232 Å². The van der Waals surface area contributed by atoms with Gasteiger partial charge >= 0.3 is 6.09 Å². The molecule has 662 valence electrons. The predicted octanol–water partition coefficient (Wildman–Crippen LogP) is 20.1. The summed E-state index contributed by atoms with van der Waals surface area (Å²) in [6.07, 6.45) is 46.4. The maximum atomic E-state index is 13.1. The highest BCUT2D eigenvalue weighted by atomic mass is 16.7. The average Bonchev–Trinajstić information content (AvgIpc) is 1.66. The van der Waals surface area contributed by atoms with E-state index in [4.69, 9.17) is 57.8 Å². The fourth-order valence-corrected chi connectivity index (χ4v) is 20.0. The first-order valence-corrected chi connectivity index (χ1v) is 46.7. The van der Waals surface area contributed by atoms with Crippen LogP contribution in [0.2, 0.25) is 0 Å². The molecule has 2 saturated heterocycles. The monoisotopic (exact) mass is 1600 g/mol. The molecule has 113 heavy (non-hydrogen) atoms. The number of hydrogen-bond donors (Lipinski definition) is 4. The van der Waals surface area contributed by atoms with Crippen molar-refractivity contribution in [3.05, 3.63) is 12.2 Å². The number of amides is 3. The van der Waals surface area contributed by atoms with Crippen LogP contribution in [-0.2, 0) is 66.5 Å². The number of allylic oxidation sites excluding steroid dienone is 2. The van der Waals surface area contributed by atoms with E-state index in [1.165, 1.54) is 128 Å². The molecule has 19 nitrogen and oxygen atoms in total. The van der Waals surface area contributed by atoms with E-state index in [2.05, 4.69) is 111 Å². The quantitative estimate of drug-likeness (QED) is 0.0327. The number of carbonyl (C=O) groups is 4. The maximum absolute atomic E-state index is 13.1. The van der Waals surface area contributed by atoms with Crippen molar-refractivity contribution in [1.29, 1.82) is 0 Å². The molecule has 3 amide bonds. The highest BCUT2D eigenvalue weighted by molar-refractivity contribution is 5.78. The molecule has 2 heterocycles. The lowest BCUT2D eigenvalue weighted by atomic mass is 9.44. The molecule has 2 aliphatic heterocycles. The van der Waals surface area contributed by atoms with Gasteiger partial charge in [0.05, 0.1) is 91.5 Å². The van der Waals surface area contributed by atoms with Crippen molar-refractivity contribution in [2.75, 3.05) is 119 Å². The number of carbonyl (C=O) groups excluding carboxylic acids is 4. The Hall–Kier alpha value is -2.82. The molecule has 0 aromatic carbocycles. The molecule has 4 aliphatic carbocycles. The highest BCUT2D eigenvalue weighted by Crippen LogP contribution is 2.68. The molecule has 4 saturated carbocycles. The Kier molecular flexibility index (Phi) is 55.8. The van der Waals surface area contributed by atoms with Crippen molar-refractivity contribution in [2.45, 2.75) is 365 Å². The molecule has 0 radical (unpaired) electrons. The van der Waals surface area contributed by atoms with Crippen LogP contribution in [0.5, 0.6) is 0 Å². The fraction of sp³-hybridized carbons (Fsp3) is 0.936. The zero-order chi connectivity index (χ0) is 81.0. The van der Waals surface area contributed by atoms with Gasteiger partial charge in [0.2, 0.25) is 11.8 Å². The molecule has 0 aromatic rings. The van der Waals surface area contributed by atoms with Crippen LogP contribution in [-0.4, -0.2) is 173 Å². The largest absolute Gasteiger partial charge is 0.446 e. The van der Waals surface area contributed by atoms with Gasteiger partial charge in [0.1, 0.15) is 11.9 Å². The first-order valence-electron chi connectivity index (χ1n) is 46.7. The highest BCUT2D eigenvalue weighted by Gasteiger charge is 2.61. The second-order valence-electron chi connectivity index (χ2n) is 35.6. The van der Waals surface area contributed by atoms with Crippen LogP contribution >= 0.6 is 0 Å². The van der Waals surface area contributed by atoms with Gasteiger partial charge in [0.25, 0.3) is 0 Å². The zero-order valence-electron chi connectivity index (χ0n) is 73.8. The Balaban J connectivity index is 0.00000105. The second kappa shape index (κ2) is 61.5. The van der Waals surface area contributed by atoms with E-state index < -0.39 is 0 Å². The van der Waals surface area contributed by atoms with Gasteiger partial charge in [-0.15, -0.1) is 0 Å². The van der Waals surface area contributed by atoms with Crippen molar-refractivity contribution < 1.29 is 71.3 Å². The van der Waals surface area contributed by atoms with Gasteiger partial charge in [-0.2, -0.15) is 0 Å². The first kappa shape index (κ1) is 103. The summed E-state index contributed by atoms with van der Waals surface area (Å²) in [6, 6.07) is 0. The lowest BCUT2D eigenvalue weighted by Crippen LogP contribution is -2.54. The van der Waals surface area contributed by atoms with Gasteiger partial charge < -0.3 is 73.8 Å². The fourth-order valence-electron chi connectivity index (χ4n) is 20.0. The Morgan fingerprint density at radius 1 is 0.451 bits per heavy atom. The van der Waals surface area contributed by atoms with E-state index in [0.717, 1.165) is 114 Å². The van der Waals surface area contributed by atoms with Crippen LogP contribution in [0.4, 0.5) is 4.79 Å². The smallest absolute Gasteiger partial charge is 0.407 e. The van der Waals surface area contributed by atoms with E-state index in [0.29, 0.717) is 214 Å². The van der Waals surface area contributed by atoms with E-state index in [9.17, 15) is 19.2 Å². The molecule has 19 atom stereocenters. The molecule has 5 N–H and O–H groups in total. The van der Waals surface area contributed by atoms with Crippen LogP contribution in [0.1, 0.15) is 335 Å². The van der Waals surface area contributed by atoms with Gasteiger partial charge in [0, 0.05) is 76.9 Å². The van der Waals surface area contributed by atoms with Crippen LogP contribution in [0, 0.1) is 81.8 Å². The Bertz CT molecular complexity index is 2440. The van der Waals surface area contributed by atoms with Crippen LogP contribution < -0.4 is 21.7 Å². The van der Waals surface area contributed by atoms with Gasteiger partial charge in [0.15, 0.2) is 12.6 Å². The molecular formula is C94H176N4O15. The number of ether oxygens (including phenoxy) is 11. The first-order chi connectivity index (χ1) is 54.3. The maximum Gasteiger partial charge on any atom is 0.407 e. The minimum atomic E-state index is -0.205. The van der Waals surface area contributed by atoms with Crippen molar-refractivity contribution in [1.82, 2.24) is 16.0 Å². The summed E-state index contributed by atoms with van der Waals surface area (Å²) in [5, 5.41) is 9.22. The number of nitrogens with one attached hydrogen (secondary N) is 3. The summed E-state index contributed by atoms with van der Waals surface area (Å²) in [7, 11) is 0. The molecule has 0 bridgehead atoms. The Morgan fingerprint density at radius 2 is 0.912 bits per heavy atom. The normalized spacial score (nSPS) is 29.0. The lowest BCUT2D eigenvalue weighted by Gasteiger charge is -2.61. The SMILES string of the molecule is C.CCC1O[C@H](OCCOCCOCCN)C(C)[C@@H](C)[C@@H]1C.CCCCCCCC/C=C\CCCCCCCCNC(=O)O[C@@H]1CC[C@@]2(C)C(CCC3C2CC[C@@]2(C)C3CC[C@@H]2[C@H](C)CCC(=O)NCCCCCC(=O)CCCCOCCOCCCCCC(=O)NCCOCCOCCO[C@H]2OC(CC)[C@@H](C)[C@H](C)C2C)C1. The molecule has 0 spiro atoms. The molecule has 8 unspecified atom stereocenters. The van der Waals surface area contributed by atoms with Gasteiger partial charge in [-0.1, -0.05) is 173 Å². The summed E-state index contributed by atoms with van der Waals surface area (Å²) in [5.74, 6) is 7.83. The van der Waals surface area contributed by atoms with Crippen molar-refractivity contribution >= 4 is 23.7 Å². The third-order valence-electron chi connectivity index (χ3n) is 27.8. The summed E-state index contributed by atoms with van der Waals surface area (Å²) in [4.78, 5) is 50.7. The third-order valence-corrected chi connectivity index (χ3v) is 27.8. The van der Waals surface area contributed by atoms with Crippen molar-refractivity contribution in [3.63, 3.8) is 0 Å². The number of nitrogens with two attached hydrogens (primary N) is 1. The summed E-state index contributed by atoms with van der Waals surface area (Å²) >= 11 is 0. The predicted molar refractivity (Wildman–Crippen MR) is 459 cm³/mol. The van der Waals surface area contributed by atoms with Crippen molar-refractivity contribution in [3.8, 4) is 0 Å². The van der Waals surface area contributed by atoms with Gasteiger partial charge in [-0.3, -0.25) is 14.4 Å². The summed E-state index contributed by atoms with van der Waals surface area (Å²) in [5.41, 5.74) is 6.04. The number of unbranched alkanes of at least 4 members (excludes halogenated alkanes) is 17. The van der Waals surface area contributed by atoms with Gasteiger partial charge in [-0.05, 0) is 218 Å². The minimum Gasteiger partial charge on any atom is -0.446 e. The number of alkyl carbamates (subject to hydrolysis) is 1. The van der Waals surface area contributed by atoms with Crippen LogP contribution in [0.25, 0.3) is 0 Å². The molecule has 6 fully saturated rings. The zero-order valence-corrected chi connectivity index (χ0v) is 73.8. The second-order valence-corrected chi connectivity index (χ2v) is 35.6. The molecule has 6 aliphatic rings. The number of fused-ring (bicyclic) bond motifs is 5. The van der Waals surface area contributed by atoms with Crippen LogP contribution in [0.3, 0.4) is 0 Å². The van der Waals surface area contributed by atoms with E-state index >= 15 is 0 Å². The lowest BCUT2D eigenvalue weighted by molar-refractivity contribution is -0.251.